The molecule has 13 heavy (non-hydrogen) atoms. The minimum atomic E-state index is -2.06. The molecule has 0 fully saturated rings. The van der Waals surface area contributed by atoms with Crippen molar-refractivity contribution in [2.24, 2.45) is 0 Å². The molecule has 1 rings (SSSR count). The van der Waals surface area contributed by atoms with Gasteiger partial charge in [0.2, 0.25) is 5.88 Å². The van der Waals surface area contributed by atoms with E-state index in [4.69, 9.17) is 14.9 Å². The van der Waals surface area contributed by atoms with Gasteiger partial charge in [-0.3, -0.25) is 0 Å². The van der Waals surface area contributed by atoms with Crippen LogP contribution in [0, 0.1) is 0 Å². The molecule has 0 unspecified atom stereocenters. The highest BCUT2D eigenvalue weighted by atomic mass is 79.9. The van der Waals surface area contributed by atoms with Crippen LogP contribution in [-0.2, 0) is 4.70 Å². The van der Waals surface area contributed by atoms with E-state index in [0.717, 1.165) is 0 Å². The van der Waals surface area contributed by atoms with Crippen LogP contribution in [0.1, 0.15) is 5.56 Å². The van der Waals surface area contributed by atoms with Gasteiger partial charge < -0.3 is 14.9 Å². The Morgan fingerprint density at radius 2 is 2.15 bits per heavy atom. The van der Waals surface area contributed by atoms with Gasteiger partial charge in [-0.05, 0) is 37.9 Å². The van der Waals surface area contributed by atoms with Crippen LogP contribution in [0.25, 0.3) is 0 Å². The zero-order chi connectivity index (χ0) is 10.1. The lowest BCUT2D eigenvalue weighted by atomic mass is 10.3. The minimum absolute atomic E-state index is 0.222. The molecule has 72 valence electrons. The molecule has 1 aromatic rings. The molecule has 0 bridgehead atoms. The number of hydrogen-bond donors (Lipinski definition) is 2. The molecule has 0 atom stereocenters. The second kappa shape index (κ2) is 3.91. The van der Waals surface area contributed by atoms with Gasteiger partial charge in [0.25, 0.3) is 4.70 Å². The van der Waals surface area contributed by atoms with Crippen LogP contribution in [-0.4, -0.2) is 22.3 Å². The third-order valence-corrected chi connectivity index (χ3v) is 2.39. The van der Waals surface area contributed by atoms with E-state index < -0.39 is 4.70 Å². The number of nitrogens with zero attached hydrogens (tertiary/aromatic N) is 1. The van der Waals surface area contributed by atoms with Crippen molar-refractivity contribution in [1.82, 2.24) is 4.98 Å². The highest BCUT2D eigenvalue weighted by Crippen LogP contribution is 2.30. The van der Waals surface area contributed by atoms with Crippen LogP contribution >= 0.6 is 31.9 Å². The highest BCUT2D eigenvalue weighted by Gasteiger charge is 2.22. The van der Waals surface area contributed by atoms with E-state index >= 15 is 0 Å². The Balaban J connectivity index is 3.10. The Morgan fingerprint density at radius 3 is 2.54 bits per heavy atom. The molecule has 0 saturated carbocycles. The average molecular weight is 313 g/mol. The van der Waals surface area contributed by atoms with Gasteiger partial charge in [-0.15, -0.1) is 0 Å². The van der Waals surface area contributed by atoms with Crippen molar-refractivity contribution in [1.29, 1.82) is 0 Å². The lowest BCUT2D eigenvalue weighted by Crippen LogP contribution is -2.15. The van der Waals surface area contributed by atoms with Crippen LogP contribution in [0.4, 0.5) is 0 Å². The molecule has 1 aromatic heterocycles. The SMILES string of the molecule is COc1ncc(C(O)(O)Br)cc1Br. The first-order valence-corrected chi connectivity index (χ1v) is 4.87. The van der Waals surface area contributed by atoms with Crippen molar-refractivity contribution in [3.63, 3.8) is 0 Å². The Morgan fingerprint density at radius 1 is 1.54 bits per heavy atom. The fourth-order valence-corrected chi connectivity index (χ4v) is 1.48. The Kier molecular flexibility index (Phi) is 3.28. The molecule has 0 aliphatic heterocycles. The fraction of sp³-hybridized carbons (Fsp3) is 0.286. The van der Waals surface area contributed by atoms with Gasteiger partial charge in [0, 0.05) is 11.8 Å². The van der Waals surface area contributed by atoms with Crippen molar-refractivity contribution in [2.45, 2.75) is 4.70 Å². The summed E-state index contributed by atoms with van der Waals surface area (Å²) < 4.78 is 3.37. The molecule has 0 aliphatic carbocycles. The molecule has 0 radical (unpaired) electrons. The summed E-state index contributed by atoms with van der Waals surface area (Å²) in [6.45, 7) is 0. The number of alkyl halides is 1. The fourth-order valence-electron chi connectivity index (χ4n) is 0.750. The van der Waals surface area contributed by atoms with Crippen LogP contribution in [0.2, 0.25) is 0 Å². The topological polar surface area (TPSA) is 62.6 Å². The zero-order valence-electron chi connectivity index (χ0n) is 6.66. The van der Waals surface area contributed by atoms with E-state index in [0.29, 0.717) is 10.4 Å². The van der Waals surface area contributed by atoms with Gasteiger partial charge in [-0.2, -0.15) is 0 Å². The van der Waals surface area contributed by atoms with Gasteiger partial charge in [-0.25, -0.2) is 4.98 Å². The van der Waals surface area contributed by atoms with Crippen molar-refractivity contribution in [2.75, 3.05) is 7.11 Å². The molecular formula is C7H7Br2NO3. The Labute approximate surface area is 91.8 Å². The van der Waals surface area contributed by atoms with Crippen molar-refractivity contribution in [3.8, 4) is 5.88 Å². The van der Waals surface area contributed by atoms with E-state index in [9.17, 15) is 0 Å². The number of ether oxygens (including phenoxy) is 1. The first-order valence-electron chi connectivity index (χ1n) is 3.29. The summed E-state index contributed by atoms with van der Waals surface area (Å²) in [6.07, 6.45) is 1.30. The number of aliphatic hydroxyl groups is 2. The van der Waals surface area contributed by atoms with E-state index in [1.54, 1.807) is 0 Å². The second-order valence-corrected chi connectivity index (χ2v) is 4.26. The van der Waals surface area contributed by atoms with Crippen LogP contribution in [0.15, 0.2) is 16.7 Å². The maximum Gasteiger partial charge on any atom is 0.250 e. The molecular weight excluding hydrogens is 306 g/mol. The van der Waals surface area contributed by atoms with Crippen molar-refractivity contribution < 1.29 is 14.9 Å². The molecule has 1 heterocycles. The second-order valence-electron chi connectivity index (χ2n) is 2.30. The van der Waals surface area contributed by atoms with E-state index in [1.165, 1.54) is 19.4 Å². The molecule has 0 aromatic carbocycles. The van der Waals surface area contributed by atoms with Gasteiger partial charge in [0.05, 0.1) is 11.6 Å². The standard InChI is InChI=1S/C7H7Br2NO3/c1-13-6-5(8)2-4(3-10-6)7(9,11)12/h2-3,11-12H,1H3. The van der Waals surface area contributed by atoms with Crippen LogP contribution in [0.3, 0.4) is 0 Å². The number of halogens is 2. The van der Waals surface area contributed by atoms with Crippen molar-refractivity contribution >= 4 is 31.9 Å². The van der Waals surface area contributed by atoms with Crippen LogP contribution < -0.4 is 4.74 Å². The first-order chi connectivity index (χ1) is 5.95. The maximum absolute atomic E-state index is 9.15. The largest absolute Gasteiger partial charge is 0.480 e. The summed E-state index contributed by atoms with van der Waals surface area (Å²) in [4.78, 5) is 3.84. The average Bonchev–Trinajstić information content (AvgIpc) is 2.02. The van der Waals surface area contributed by atoms with Crippen molar-refractivity contribution in [3.05, 3.63) is 22.3 Å². The van der Waals surface area contributed by atoms with E-state index in [1.807, 2.05) is 0 Å². The summed E-state index contributed by atoms with van der Waals surface area (Å²) in [6, 6.07) is 1.50. The number of pyridine rings is 1. The lowest BCUT2D eigenvalue weighted by molar-refractivity contribution is -0.0744. The smallest absolute Gasteiger partial charge is 0.250 e. The number of hydrogen-bond acceptors (Lipinski definition) is 4. The predicted octanol–water partition coefficient (Wildman–Crippen LogP) is 1.34. The number of aromatic nitrogens is 1. The zero-order valence-corrected chi connectivity index (χ0v) is 9.83. The van der Waals surface area contributed by atoms with E-state index in [-0.39, 0.29) is 5.56 Å². The number of methoxy groups -OCH3 is 1. The third-order valence-electron chi connectivity index (χ3n) is 1.37. The quantitative estimate of drug-likeness (QED) is 0.639. The van der Waals surface area contributed by atoms with Crippen LogP contribution in [0.5, 0.6) is 5.88 Å². The monoisotopic (exact) mass is 311 g/mol. The molecule has 4 nitrogen and oxygen atoms in total. The molecule has 0 spiro atoms. The van der Waals surface area contributed by atoms with Gasteiger partial charge in [-0.1, -0.05) is 0 Å². The Hall–Kier alpha value is -0.170. The molecule has 0 aliphatic rings. The molecule has 0 amide bonds. The molecule has 6 heteroatoms. The summed E-state index contributed by atoms with van der Waals surface area (Å²) in [7, 11) is 1.48. The Bertz CT molecular complexity index is 311. The molecule has 2 N–H and O–H groups in total. The summed E-state index contributed by atoms with van der Waals surface area (Å²) in [5.74, 6) is 0.389. The molecule has 0 saturated heterocycles. The summed E-state index contributed by atoms with van der Waals surface area (Å²) in [5, 5.41) is 18.3. The first kappa shape index (κ1) is 10.9. The third kappa shape index (κ3) is 2.63. The van der Waals surface area contributed by atoms with Gasteiger partial charge in [0.15, 0.2) is 0 Å². The van der Waals surface area contributed by atoms with Gasteiger partial charge >= 0.3 is 0 Å². The normalized spacial score (nSPS) is 11.5. The number of rotatable bonds is 2. The van der Waals surface area contributed by atoms with Gasteiger partial charge in [0.1, 0.15) is 0 Å². The summed E-state index contributed by atoms with van der Waals surface area (Å²) >= 11 is 5.85. The lowest BCUT2D eigenvalue weighted by Gasteiger charge is -2.14. The maximum atomic E-state index is 9.15. The minimum Gasteiger partial charge on any atom is -0.480 e. The summed E-state index contributed by atoms with van der Waals surface area (Å²) in [5.41, 5.74) is 0.222. The highest BCUT2D eigenvalue weighted by molar-refractivity contribution is 9.10. The van der Waals surface area contributed by atoms with E-state index in [2.05, 4.69) is 36.8 Å². The predicted molar refractivity (Wildman–Crippen MR) is 53.5 cm³/mol.